The van der Waals surface area contributed by atoms with Crippen LogP contribution in [-0.2, 0) is 4.79 Å². The zero-order valence-corrected chi connectivity index (χ0v) is 10.2. The molecule has 86 valence electrons. The van der Waals surface area contributed by atoms with Gasteiger partial charge in [-0.2, -0.15) is 0 Å². The maximum Gasteiger partial charge on any atom is 0.331 e. The van der Waals surface area contributed by atoms with E-state index in [1.54, 1.807) is 19.1 Å². The van der Waals surface area contributed by atoms with Crippen LogP contribution in [-0.4, -0.2) is 11.1 Å². The van der Waals surface area contributed by atoms with Gasteiger partial charge in [-0.3, -0.25) is 0 Å². The van der Waals surface area contributed by atoms with Crippen molar-refractivity contribution >= 4 is 5.97 Å². The summed E-state index contributed by atoms with van der Waals surface area (Å²) in [5, 5.41) is 8.53. The summed E-state index contributed by atoms with van der Waals surface area (Å²) in [5.41, 5.74) is 1.60. The molecule has 0 bridgehead atoms. The highest BCUT2D eigenvalue weighted by molar-refractivity contribution is 5.86. The van der Waals surface area contributed by atoms with Crippen LogP contribution >= 0.6 is 0 Å². The molecule has 0 aromatic heterocycles. The Bertz CT molecular complexity index is 247. The van der Waals surface area contributed by atoms with Gasteiger partial charge in [-0.1, -0.05) is 37.1 Å². The third kappa shape index (κ3) is 12.7. The number of carboxylic acids is 1. The van der Waals surface area contributed by atoms with Crippen LogP contribution in [0.4, 0.5) is 0 Å². The van der Waals surface area contributed by atoms with Crippen molar-refractivity contribution in [2.45, 2.75) is 40.5 Å². The topological polar surface area (TPSA) is 37.3 Å². The standard InChI is InChI=1S/C10H16O2.C3H6/c1-4-5-8(2)6-7-9(3)10(11)12;1-3-2/h6-7H,4-5H2,1-3H3,(H,11,12);3H,1H2,2H3/b8-6+,9-7+;. The number of hydrogen-bond donors (Lipinski definition) is 1. The van der Waals surface area contributed by atoms with Crippen LogP contribution in [0.3, 0.4) is 0 Å². The minimum Gasteiger partial charge on any atom is -0.478 e. The van der Waals surface area contributed by atoms with E-state index < -0.39 is 5.97 Å². The van der Waals surface area contributed by atoms with Crippen LogP contribution in [0.2, 0.25) is 0 Å². The maximum absolute atomic E-state index is 10.4. The zero-order valence-electron chi connectivity index (χ0n) is 10.2. The molecule has 2 heteroatoms. The lowest BCUT2D eigenvalue weighted by Gasteiger charge is -1.94. The monoisotopic (exact) mass is 210 g/mol. The highest BCUT2D eigenvalue weighted by atomic mass is 16.4. The van der Waals surface area contributed by atoms with Crippen molar-refractivity contribution in [2.24, 2.45) is 0 Å². The lowest BCUT2D eigenvalue weighted by Crippen LogP contribution is -1.94. The number of rotatable bonds is 4. The Hall–Kier alpha value is -1.31. The summed E-state index contributed by atoms with van der Waals surface area (Å²) in [6.45, 7) is 11.0. The van der Waals surface area contributed by atoms with Gasteiger partial charge in [0.25, 0.3) is 0 Å². The molecular formula is C13H22O2. The van der Waals surface area contributed by atoms with E-state index >= 15 is 0 Å². The first kappa shape index (κ1) is 16.1. The molecule has 0 saturated heterocycles. The molecule has 0 saturated carbocycles. The van der Waals surface area contributed by atoms with E-state index in [4.69, 9.17) is 5.11 Å². The second-order valence-corrected chi connectivity index (χ2v) is 3.33. The number of carbonyl (C=O) groups is 1. The summed E-state index contributed by atoms with van der Waals surface area (Å²) >= 11 is 0. The molecule has 0 amide bonds. The molecule has 0 rings (SSSR count). The largest absolute Gasteiger partial charge is 0.478 e. The lowest BCUT2D eigenvalue weighted by molar-refractivity contribution is -0.132. The van der Waals surface area contributed by atoms with Gasteiger partial charge in [-0.25, -0.2) is 4.79 Å². The van der Waals surface area contributed by atoms with Gasteiger partial charge >= 0.3 is 5.97 Å². The van der Waals surface area contributed by atoms with Gasteiger partial charge in [0.1, 0.15) is 0 Å². The average molecular weight is 210 g/mol. The van der Waals surface area contributed by atoms with Crippen LogP contribution in [0.1, 0.15) is 40.5 Å². The first-order chi connectivity index (χ1) is 6.99. The predicted octanol–water partition coefficient (Wildman–Crippen LogP) is 3.96. The number of aliphatic carboxylic acids is 1. The fourth-order valence-corrected chi connectivity index (χ4v) is 0.816. The van der Waals surface area contributed by atoms with Gasteiger partial charge in [0.05, 0.1) is 0 Å². The van der Waals surface area contributed by atoms with Gasteiger partial charge in [-0.15, -0.1) is 6.58 Å². The SMILES string of the molecule is C=CC.CCC/C(C)=C/C=C(\C)C(=O)O. The van der Waals surface area contributed by atoms with Crippen molar-refractivity contribution in [1.82, 2.24) is 0 Å². The van der Waals surface area contributed by atoms with E-state index in [9.17, 15) is 4.79 Å². The van der Waals surface area contributed by atoms with Crippen LogP contribution in [0.5, 0.6) is 0 Å². The summed E-state index contributed by atoms with van der Waals surface area (Å²) in [5.74, 6) is -0.851. The second-order valence-electron chi connectivity index (χ2n) is 3.33. The zero-order chi connectivity index (χ0) is 12.3. The van der Waals surface area contributed by atoms with E-state index in [2.05, 4.69) is 13.5 Å². The average Bonchev–Trinajstić information content (AvgIpc) is 2.15. The molecule has 0 radical (unpaired) electrons. The first-order valence-electron chi connectivity index (χ1n) is 5.13. The van der Waals surface area contributed by atoms with Crippen LogP contribution in [0.25, 0.3) is 0 Å². The highest BCUT2D eigenvalue weighted by Gasteiger charge is 1.96. The summed E-state index contributed by atoms with van der Waals surface area (Å²) < 4.78 is 0. The minimum absolute atomic E-state index is 0.380. The van der Waals surface area contributed by atoms with Crippen molar-refractivity contribution < 1.29 is 9.90 Å². The van der Waals surface area contributed by atoms with Gasteiger partial charge in [0, 0.05) is 5.57 Å². The molecule has 0 aromatic carbocycles. The van der Waals surface area contributed by atoms with Gasteiger partial charge < -0.3 is 5.11 Å². The second kappa shape index (κ2) is 10.8. The minimum atomic E-state index is -0.851. The summed E-state index contributed by atoms with van der Waals surface area (Å²) in [4.78, 5) is 10.4. The normalized spacial score (nSPS) is 11.5. The Morgan fingerprint density at radius 1 is 1.33 bits per heavy atom. The molecule has 0 aliphatic carbocycles. The van der Waals surface area contributed by atoms with Crippen LogP contribution in [0, 0.1) is 0 Å². The quantitative estimate of drug-likeness (QED) is 0.433. The Labute approximate surface area is 93.0 Å². The first-order valence-corrected chi connectivity index (χ1v) is 5.13. The molecular weight excluding hydrogens is 188 g/mol. The Morgan fingerprint density at radius 2 is 1.80 bits per heavy atom. The van der Waals surface area contributed by atoms with Crippen LogP contribution in [0.15, 0.2) is 36.0 Å². The Kier molecular flexibility index (Phi) is 11.6. The smallest absolute Gasteiger partial charge is 0.331 e. The molecule has 0 aliphatic rings. The molecule has 0 aromatic rings. The van der Waals surface area contributed by atoms with E-state index in [-0.39, 0.29) is 0 Å². The highest BCUT2D eigenvalue weighted by Crippen LogP contribution is 2.04. The van der Waals surface area contributed by atoms with Gasteiger partial charge in [-0.05, 0) is 27.2 Å². The number of allylic oxidation sites excluding steroid dienone is 4. The van der Waals surface area contributed by atoms with Crippen molar-refractivity contribution in [3.63, 3.8) is 0 Å². The molecule has 0 atom stereocenters. The summed E-state index contributed by atoms with van der Waals surface area (Å²) in [6, 6.07) is 0. The third-order valence-corrected chi connectivity index (χ3v) is 1.60. The molecule has 0 heterocycles. The van der Waals surface area contributed by atoms with E-state index in [1.807, 2.05) is 19.9 Å². The number of carboxylic acid groups (broad SMARTS) is 1. The van der Waals surface area contributed by atoms with Crippen LogP contribution < -0.4 is 0 Å². The van der Waals surface area contributed by atoms with Crippen molar-refractivity contribution in [3.8, 4) is 0 Å². The molecule has 0 spiro atoms. The third-order valence-electron chi connectivity index (χ3n) is 1.60. The van der Waals surface area contributed by atoms with E-state index in [0.29, 0.717) is 5.57 Å². The molecule has 0 fully saturated rings. The molecule has 15 heavy (non-hydrogen) atoms. The predicted molar refractivity (Wildman–Crippen MR) is 65.9 cm³/mol. The van der Waals surface area contributed by atoms with Gasteiger partial charge in [0.15, 0.2) is 0 Å². The maximum atomic E-state index is 10.4. The van der Waals surface area contributed by atoms with Crippen molar-refractivity contribution in [2.75, 3.05) is 0 Å². The van der Waals surface area contributed by atoms with Crippen molar-refractivity contribution in [1.29, 1.82) is 0 Å². The summed E-state index contributed by atoms with van der Waals surface area (Å²) in [7, 11) is 0. The molecule has 2 nitrogen and oxygen atoms in total. The molecule has 0 unspecified atom stereocenters. The van der Waals surface area contributed by atoms with Gasteiger partial charge in [0.2, 0.25) is 0 Å². The Morgan fingerprint density at radius 3 is 2.13 bits per heavy atom. The van der Waals surface area contributed by atoms with E-state index in [1.165, 1.54) is 5.57 Å². The van der Waals surface area contributed by atoms with Crippen molar-refractivity contribution in [3.05, 3.63) is 36.0 Å². The number of hydrogen-bond acceptors (Lipinski definition) is 1. The molecule has 0 aliphatic heterocycles. The Balaban J connectivity index is 0. The van der Waals surface area contributed by atoms with E-state index in [0.717, 1.165) is 12.8 Å². The molecule has 1 N–H and O–H groups in total. The fraction of sp³-hybridized carbons (Fsp3) is 0.462. The summed E-state index contributed by atoms with van der Waals surface area (Å²) in [6.07, 6.45) is 7.39. The lowest BCUT2D eigenvalue weighted by atomic mass is 10.1. The fourth-order valence-electron chi connectivity index (χ4n) is 0.816.